The molecule has 1 atom stereocenters. The van der Waals surface area contributed by atoms with Crippen molar-refractivity contribution in [3.63, 3.8) is 0 Å². The number of pyridine rings is 1. The number of amides is 1. The Hall–Kier alpha value is -2.17. The zero-order valence-electron chi connectivity index (χ0n) is 14.7. The van der Waals surface area contributed by atoms with E-state index >= 15 is 0 Å². The molecule has 130 valence electrons. The third-order valence-corrected chi connectivity index (χ3v) is 3.77. The minimum Gasteiger partial charge on any atom is -0.369 e. The van der Waals surface area contributed by atoms with Gasteiger partial charge >= 0.3 is 0 Å². The smallest absolute Gasteiger partial charge is 0.248 e. The third-order valence-electron chi connectivity index (χ3n) is 3.77. The Morgan fingerprint density at radius 2 is 2.33 bits per heavy atom. The maximum atomic E-state index is 11.6. The number of hydrogen-bond donors (Lipinski definition) is 0. The Balaban J connectivity index is 2.04. The van der Waals surface area contributed by atoms with E-state index in [-0.39, 0.29) is 24.2 Å². The number of anilines is 1. The van der Waals surface area contributed by atoms with Gasteiger partial charge < -0.3 is 19.3 Å². The van der Waals surface area contributed by atoms with Crippen molar-refractivity contribution in [2.45, 2.75) is 25.6 Å². The summed E-state index contributed by atoms with van der Waals surface area (Å²) in [7, 11) is 3.39. The molecular weight excluding hydrogens is 308 g/mol. The Morgan fingerprint density at radius 3 is 3.00 bits per heavy atom. The number of nitriles is 1. The number of hydrogen-bond acceptors (Lipinski definition) is 6. The van der Waals surface area contributed by atoms with Gasteiger partial charge in [0, 0.05) is 39.6 Å². The molecular formula is C17H24N4O3. The number of carbonyl (C=O) groups excluding carboxylic acids is 1. The lowest BCUT2D eigenvalue weighted by Crippen LogP contribution is -2.54. The van der Waals surface area contributed by atoms with E-state index in [4.69, 9.17) is 9.47 Å². The van der Waals surface area contributed by atoms with Gasteiger partial charge in [-0.05, 0) is 19.9 Å². The number of rotatable bonds is 5. The normalized spacial score (nSPS) is 19.6. The molecule has 1 aliphatic rings. The lowest BCUT2D eigenvalue weighted by Gasteiger charge is -2.44. The molecule has 1 aromatic heterocycles. The van der Waals surface area contributed by atoms with Crippen molar-refractivity contribution in [1.29, 1.82) is 5.26 Å². The zero-order valence-corrected chi connectivity index (χ0v) is 14.7. The molecule has 7 nitrogen and oxygen atoms in total. The quantitative estimate of drug-likeness (QED) is 0.802. The number of carbonyl (C=O) groups is 1. The van der Waals surface area contributed by atoms with Crippen molar-refractivity contribution < 1.29 is 14.3 Å². The largest absolute Gasteiger partial charge is 0.369 e. The van der Waals surface area contributed by atoms with E-state index in [1.54, 1.807) is 26.5 Å². The van der Waals surface area contributed by atoms with Crippen molar-refractivity contribution >= 4 is 11.6 Å². The molecule has 1 saturated heterocycles. The molecule has 0 aliphatic carbocycles. The SMILES string of the molecule is CN(C)C(=O)COCC1CN(c2ccncc2C#N)CC(C)(C)O1. The summed E-state index contributed by atoms with van der Waals surface area (Å²) in [4.78, 5) is 19.2. The first-order valence-electron chi connectivity index (χ1n) is 7.87. The highest BCUT2D eigenvalue weighted by molar-refractivity contribution is 5.76. The fourth-order valence-electron chi connectivity index (χ4n) is 2.72. The second-order valence-corrected chi connectivity index (χ2v) is 6.69. The number of aromatic nitrogens is 1. The molecule has 7 heteroatoms. The van der Waals surface area contributed by atoms with Gasteiger partial charge in [-0.3, -0.25) is 9.78 Å². The maximum absolute atomic E-state index is 11.6. The molecule has 0 spiro atoms. The minimum atomic E-state index is -0.381. The van der Waals surface area contributed by atoms with Gasteiger partial charge in [0.05, 0.1) is 29.6 Å². The average molecular weight is 332 g/mol. The first-order valence-corrected chi connectivity index (χ1v) is 7.87. The van der Waals surface area contributed by atoms with Crippen LogP contribution in [0.1, 0.15) is 19.4 Å². The van der Waals surface area contributed by atoms with Gasteiger partial charge in [-0.2, -0.15) is 5.26 Å². The van der Waals surface area contributed by atoms with Crippen LogP contribution >= 0.6 is 0 Å². The predicted octanol–water partition coefficient (Wildman–Crippen LogP) is 1.04. The van der Waals surface area contributed by atoms with Crippen LogP contribution in [-0.4, -0.2) is 67.9 Å². The van der Waals surface area contributed by atoms with Gasteiger partial charge in [0.2, 0.25) is 5.91 Å². The third kappa shape index (κ3) is 4.66. The van der Waals surface area contributed by atoms with Crippen LogP contribution in [0.3, 0.4) is 0 Å². The van der Waals surface area contributed by atoms with Gasteiger partial charge in [0.1, 0.15) is 12.7 Å². The maximum Gasteiger partial charge on any atom is 0.248 e. The van der Waals surface area contributed by atoms with Crippen LogP contribution in [0.15, 0.2) is 18.5 Å². The zero-order chi connectivity index (χ0) is 17.7. The van der Waals surface area contributed by atoms with Crippen LogP contribution in [0.5, 0.6) is 0 Å². The van der Waals surface area contributed by atoms with E-state index < -0.39 is 0 Å². The molecule has 0 aromatic carbocycles. The van der Waals surface area contributed by atoms with Crippen molar-refractivity contribution in [2.75, 3.05) is 45.3 Å². The van der Waals surface area contributed by atoms with Crippen molar-refractivity contribution in [3.05, 3.63) is 24.0 Å². The second-order valence-electron chi connectivity index (χ2n) is 6.69. The van der Waals surface area contributed by atoms with Crippen molar-refractivity contribution in [3.8, 4) is 6.07 Å². The molecule has 24 heavy (non-hydrogen) atoms. The Kier molecular flexibility index (Phi) is 5.75. The number of likely N-dealkylation sites (N-methyl/N-ethyl adjacent to an activating group) is 1. The molecule has 0 saturated carbocycles. The fourth-order valence-corrected chi connectivity index (χ4v) is 2.72. The number of morpholine rings is 1. The molecule has 1 aliphatic heterocycles. The predicted molar refractivity (Wildman–Crippen MR) is 89.6 cm³/mol. The van der Waals surface area contributed by atoms with E-state index in [0.717, 1.165) is 5.69 Å². The average Bonchev–Trinajstić information content (AvgIpc) is 2.53. The summed E-state index contributed by atoms with van der Waals surface area (Å²) in [5, 5.41) is 9.28. The highest BCUT2D eigenvalue weighted by Gasteiger charge is 2.34. The van der Waals surface area contributed by atoms with E-state index in [1.807, 2.05) is 19.9 Å². The molecule has 1 fully saturated rings. The molecule has 1 amide bonds. The standard InChI is InChI=1S/C17H24N4O3/c1-17(2)12-21(15-5-6-19-8-13(15)7-18)9-14(24-17)10-23-11-16(22)20(3)4/h5-6,8,14H,9-12H2,1-4H3. The van der Waals surface area contributed by atoms with E-state index in [2.05, 4.69) is 16.0 Å². The minimum absolute atomic E-state index is 0.0337. The summed E-state index contributed by atoms with van der Waals surface area (Å²) in [5.41, 5.74) is 1.00. The van der Waals surface area contributed by atoms with E-state index in [1.165, 1.54) is 4.90 Å². The summed E-state index contributed by atoms with van der Waals surface area (Å²) in [6.07, 6.45) is 3.07. The van der Waals surface area contributed by atoms with Gasteiger partial charge in [0.25, 0.3) is 0 Å². The van der Waals surface area contributed by atoms with Gasteiger partial charge in [-0.1, -0.05) is 0 Å². The molecule has 2 rings (SSSR count). The Bertz CT molecular complexity index is 625. The molecule has 2 heterocycles. The second kappa shape index (κ2) is 7.60. The molecule has 0 N–H and O–H groups in total. The Labute approximate surface area is 142 Å². The fraction of sp³-hybridized carbons (Fsp3) is 0.588. The topological polar surface area (TPSA) is 78.7 Å². The first-order chi connectivity index (χ1) is 11.3. The van der Waals surface area contributed by atoms with Gasteiger partial charge in [-0.15, -0.1) is 0 Å². The van der Waals surface area contributed by atoms with Gasteiger partial charge in [0.15, 0.2) is 0 Å². The van der Waals surface area contributed by atoms with Crippen molar-refractivity contribution in [2.24, 2.45) is 0 Å². The first kappa shape index (κ1) is 18.2. The number of nitrogens with zero attached hydrogens (tertiary/aromatic N) is 4. The Morgan fingerprint density at radius 1 is 1.58 bits per heavy atom. The molecule has 0 bridgehead atoms. The summed E-state index contributed by atoms with van der Waals surface area (Å²) >= 11 is 0. The summed E-state index contributed by atoms with van der Waals surface area (Å²) < 4.78 is 11.6. The number of ether oxygens (including phenoxy) is 2. The highest BCUT2D eigenvalue weighted by atomic mass is 16.5. The van der Waals surface area contributed by atoms with E-state index in [9.17, 15) is 10.1 Å². The van der Waals surface area contributed by atoms with Gasteiger partial charge in [-0.25, -0.2) is 0 Å². The summed E-state index contributed by atoms with van der Waals surface area (Å²) in [6, 6.07) is 4.02. The van der Waals surface area contributed by atoms with Crippen LogP contribution in [0, 0.1) is 11.3 Å². The van der Waals surface area contributed by atoms with Crippen molar-refractivity contribution in [1.82, 2.24) is 9.88 Å². The van der Waals surface area contributed by atoms with Crippen LogP contribution in [0.2, 0.25) is 0 Å². The van der Waals surface area contributed by atoms with Crippen LogP contribution in [0.25, 0.3) is 0 Å². The van der Waals surface area contributed by atoms with Crippen LogP contribution in [0.4, 0.5) is 5.69 Å². The molecule has 1 unspecified atom stereocenters. The van der Waals surface area contributed by atoms with Crippen LogP contribution in [-0.2, 0) is 14.3 Å². The molecule has 1 aromatic rings. The monoisotopic (exact) mass is 332 g/mol. The van der Waals surface area contributed by atoms with Crippen LogP contribution < -0.4 is 4.90 Å². The van der Waals surface area contributed by atoms with E-state index in [0.29, 0.717) is 25.3 Å². The summed E-state index contributed by atoms with van der Waals surface area (Å²) in [6.45, 7) is 5.63. The molecule has 0 radical (unpaired) electrons. The lowest BCUT2D eigenvalue weighted by atomic mass is 10.0. The lowest BCUT2D eigenvalue weighted by molar-refractivity contribution is -0.139. The summed E-state index contributed by atoms with van der Waals surface area (Å²) in [5.74, 6) is -0.0807. The highest BCUT2D eigenvalue weighted by Crippen LogP contribution is 2.28.